The number of hydrogen-bond acceptors (Lipinski definition) is 2. The van der Waals surface area contributed by atoms with Gasteiger partial charge in [-0.1, -0.05) is 37.3 Å². The van der Waals surface area contributed by atoms with Gasteiger partial charge in [0.25, 0.3) is 0 Å². The maximum Gasteiger partial charge on any atom is 0.471 e. The summed E-state index contributed by atoms with van der Waals surface area (Å²) in [4.78, 5) is 10.6. The third-order valence-corrected chi connectivity index (χ3v) is 2.38. The fourth-order valence-electron chi connectivity index (χ4n) is 1.38. The predicted molar refractivity (Wildman–Crippen MR) is 64.3 cm³/mol. The molecule has 1 atom stereocenters. The molecule has 1 amide bonds. The Morgan fingerprint density at radius 2 is 1.95 bits per heavy atom. The minimum Gasteiger partial charge on any atom is -0.376 e. The predicted octanol–water partition coefficient (Wildman–Crippen LogP) is 2.52. The molecule has 0 radical (unpaired) electrons. The third kappa shape index (κ3) is 6.24. The molecule has 0 bridgehead atoms. The number of benzene rings is 1. The van der Waals surface area contributed by atoms with Crippen molar-refractivity contribution in [2.45, 2.75) is 19.7 Å². The summed E-state index contributed by atoms with van der Waals surface area (Å²) in [5, 5.41) is 1.83. The quantitative estimate of drug-likeness (QED) is 0.866. The van der Waals surface area contributed by atoms with Crippen molar-refractivity contribution in [2.24, 2.45) is 5.92 Å². The Morgan fingerprint density at radius 1 is 1.32 bits per heavy atom. The van der Waals surface area contributed by atoms with Crippen molar-refractivity contribution in [3.63, 3.8) is 0 Å². The minimum atomic E-state index is -4.83. The molecule has 6 heteroatoms. The first-order valence-electron chi connectivity index (χ1n) is 5.86. The van der Waals surface area contributed by atoms with E-state index in [0.717, 1.165) is 5.56 Å². The Kier molecular flexibility index (Phi) is 5.82. The maximum absolute atomic E-state index is 11.9. The molecule has 0 aromatic heterocycles. The molecule has 1 unspecified atom stereocenters. The molecule has 1 N–H and O–H groups in total. The lowest BCUT2D eigenvalue weighted by molar-refractivity contribution is -0.173. The number of nitrogens with one attached hydrogen (secondary N) is 1. The van der Waals surface area contributed by atoms with Crippen molar-refractivity contribution in [1.82, 2.24) is 5.32 Å². The van der Waals surface area contributed by atoms with E-state index in [1.165, 1.54) is 0 Å². The molecule has 0 fully saturated rings. The first-order chi connectivity index (χ1) is 8.89. The summed E-state index contributed by atoms with van der Waals surface area (Å²) in [6.45, 7) is 2.33. The van der Waals surface area contributed by atoms with Gasteiger partial charge in [0.15, 0.2) is 0 Å². The van der Waals surface area contributed by atoms with Gasteiger partial charge in [0.05, 0.1) is 13.2 Å². The van der Waals surface area contributed by atoms with Crippen LogP contribution in [-0.4, -0.2) is 25.2 Å². The van der Waals surface area contributed by atoms with Crippen molar-refractivity contribution in [3.8, 4) is 0 Å². The molecule has 106 valence electrons. The van der Waals surface area contributed by atoms with E-state index in [2.05, 4.69) is 0 Å². The van der Waals surface area contributed by atoms with Gasteiger partial charge in [-0.2, -0.15) is 13.2 Å². The molecule has 0 spiro atoms. The molecule has 0 aliphatic heterocycles. The fraction of sp³-hybridized carbons (Fsp3) is 0.462. The van der Waals surface area contributed by atoms with E-state index in [4.69, 9.17) is 4.74 Å². The molecule has 0 aliphatic carbocycles. The van der Waals surface area contributed by atoms with E-state index < -0.39 is 12.1 Å². The highest BCUT2D eigenvalue weighted by atomic mass is 19.4. The highest BCUT2D eigenvalue weighted by Crippen LogP contribution is 2.14. The molecule has 0 heterocycles. The molecular formula is C13H16F3NO2. The smallest absolute Gasteiger partial charge is 0.376 e. The van der Waals surface area contributed by atoms with Crippen LogP contribution in [0.15, 0.2) is 30.3 Å². The van der Waals surface area contributed by atoms with Crippen LogP contribution < -0.4 is 5.32 Å². The first-order valence-corrected chi connectivity index (χ1v) is 5.86. The number of rotatable bonds is 6. The zero-order chi connectivity index (χ0) is 14.3. The summed E-state index contributed by atoms with van der Waals surface area (Å²) in [6, 6.07) is 9.45. The van der Waals surface area contributed by atoms with E-state index in [0.29, 0.717) is 6.61 Å². The Bertz CT molecular complexity index is 393. The van der Waals surface area contributed by atoms with Crippen molar-refractivity contribution >= 4 is 5.91 Å². The normalized spacial score (nSPS) is 13.1. The molecule has 0 aliphatic rings. The van der Waals surface area contributed by atoms with Crippen LogP contribution in [0.25, 0.3) is 0 Å². The summed E-state index contributed by atoms with van der Waals surface area (Å²) in [6.07, 6.45) is -4.83. The standard InChI is InChI=1S/C13H16F3NO2/c1-10(7-17-12(18)13(14,15)16)8-19-9-11-5-3-2-4-6-11/h2-6,10H,7-9H2,1H3,(H,17,18). The SMILES string of the molecule is CC(CNC(=O)C(F)(F)F)COCc1ccccc1. The van der Waals surface area contributed by atoms with Gasteiger partial charge in [-0.3, -0.25) is 4.79 Å². The van der Waals surface area contributed by atoms with Crippen molar-refractivity contribution in [3.05, 3.63) is 35.9 Å². The summed E-state index contributed by atoms with van der Waals surface area (Å²) in [7, 11) is 0. The average molecular weight is 275 g/mol. The van der Waals surface area contributed by atoms with Gasteiger partial charge in [-0.15, -0.1) is 0 Å². The molecule has 1 rings (SSSR count). The number of hydrogen-bond donors (Lipinski definition) is 1. The number of ether oxygens (including phenoxy) is 1. The summed E-state index contributed by atoms with van der Waals surface area (Å²) in [5.74, 6) is -2.10. The Hall–Kier alpha value is -1.56. The molecule has 0 saturated heterocycles. The van der Waals surface area contributed by atoms with Crippen LogP contribution in [0.5, 0.6) is 0 Å². The largest absolute Gasteiger partial charge is 0.471 e. The number of amides is 1. The zero-order valence-electron chi connectivity index (χ0n) is 10.5. The highest BCUT2D eigenvalue weighted by molar-refractivity contribution is 5.81. The van der Waals surface area contributed by atoms with E-state index >= 15 is 0 Å². The van der Waals surface area contributed by atoms with Gasteiger partial charge < -0.3 is 10.1 Å². The van der Waals surface area contributed by atoms with Crippen LogP contribution in [0, 0.1) is 5.92 Å². The Labute approximate surface area is 109 Å². The topological polar surface area (TPSA) is 38.3 Å². The summed E-state index contributed by atoms with van der Waals surface area (Å²) < 4.78 is 41.2. The van der Waals surface area contributed by atoms with Gasteiger partial charge in [0.1, 0.15) is 0 Å². The molecule has 0 saturated carbocycles. The van der Waals surface area contributed by atoms with Gasteiger partial charge >= 0.3 is 12.1 Å². The second-order valence-corrected chi connectivity index (χ2v) is 4.31. The van der Waals surface area contributed by atoms with Crippen LogP contribution in [-0.2, 0) is 16.1 Å². The van der Waals surface area contributed by atoms with Gasteiger partial charge in [-0.25, -0.2) is 0 Å². The number of halogens is 3. The van der Waals surface area contributed by atoms with Gasteiger partial charge in [-0.05, 0) is 11.5 Å². The van der Waals surface area contributed by atoms with Crippen molar-refractivity contribution in [1.29, 1.82) is 0 Å². The molecule has 19 heavy (non-hydrogen) atoms. The van der Waals surface area contributed by atoms with Crippen molar-refractivity contribution < 1.29 is 22.7 Å². The minimum absolute atomic E-state index is 0.0624. The van der Waals surface area contributed by atoms with Crippen LogP contribution in [0.1, 0.15) is 12.5 Å². The first kappa shape index (κ1) is 15.5. The lowest BCUT2D eigenvalue weighted by Crippen LogP contribution is -2.39. The van der Waals surface area contributed by atoms with Gasteiger partial charge in [0, 0.05) is 6.54 Å². The highest BCUT2D eigenvalue weighted by Gasteiger charge is 2.38. The molecular weight excluding hydrogens is 259 g/mol. The lowest BCUT2D eigenvalue weighted by atomic mass is 10.2. The van der Waals surface area contributed by atoms with Crippen LogP contribution >= 0.6 is 0 Å². The molecule has 3 nitrogen and oxygen atoms in total. The number of alkyl halides is 3. The average Bonchev–Trinajstić information content (AvgIpc) is 2.36. The number of carbonyl (C=O) groups is 1. The van der Waals surface area contributed by atoms with Crippen LogP contribution in [0.4, 0.5) is 13.2 Å². The Balaban J connectivity index is 2.18. The van der Waals surface area contributed by atoms with Gasteiger partial charge in [0.2, 0.25) is 0 Å². The van der Waals surface area contributed by atoms with Crippen molar-refractivity contribution in [2.75, 3.05) is 13.2 Å². The second kappa shape index (κ2) is 7.13. The maximum atomic E-state index is 11.9. The fourth-order valence-corrected chi connectivity index (χ4v) is 1.38. The second-order valence-electron chi connectivity index (χ2n) is 4.31. The zero-order valence-corrected chi connectivity index (χ0v) is 10.5. The lowest BCUT2D eigenvalue weighted by Gasteiger charge is -2.14. The monoisotopic (exact) mass is 275 g/mol. The third-order valence-electron chi connectivity index (χ3n) is 2.38. The van der Waals surface area contributed by atoms with Crippen LogP contribution in [0.3, 0.4) is 0 Å². The summed E-state index contributed by atoms with van der Waals surface area (Å²) >= 11 is 0. The van der Waals surface area contributed by atoms with Crippen LogP contribution in [0.2, 0.25) is 0 Å². The number of carbonyl (C=O) groups excluding carboxylic acids is 1. The van der Waals surface area contributed by atoms with E-state index in [9.17, 15) is 18.0 Å². The molecule has 1 aromatic rings. The summed E-state index contributed by atoms with van der Waals surface area (Å²) in [5.41, 5.74) is 0.994. The van der Waals surface area contributed by atoms with E-state index in [1.54, 1.807) is 6.92 Å². The molecule has 1 aromatic carbocycles. The van der Waals surface area contributed by atoms with E-state index in [-0.39, 0.29) is 19.1 Å². The Morgan fingerprint density at radius 3 is 2.53 bits per heavy atom. The van der Waals surface area contributed by atoms with E-state index in [1.807, 2.05) is 35.6 Å².